The van der Waals surface area contributed by atoms with Crippen molar-refractivity contribution in [1.82, 2.24) is 0 Å². The van der Waals surface area contributed by atoms with Crippen LogP contribution >= 0.6 is 0 Å². The lowest BCUT2D eigenvalue weighted by molar-refractivity contribution is 0.0984. The van der Waals surface area contributed by atoms with E-state index in [-0.39, 0.29) is 5.78 Å². The van der Waals surface area contributed by atoms with Gasteiger partial charge in [0, 0.05) is 37.4 Å². The lowest BCUT2D eigenvalue weighted by Gasteiger charge is -2.24. The number of benzene rings is 1. The van der Waals surface area contributed by atoms with Gasteiger partial charge in [-0.3, -0.25) is 4.79 Å². The fourth-order valence-electron chi connectivity index (χ4n) is 2.40. The Morgan fingerprint density at radius 3 is 2.89 bits per heavy atom. The number of Topliss-reactive ketones (excluding diaryl/α,β-unsaturated/α-hetero) is 1. The molecule has 0 N–H and O–H groups in total. The van der Waals surface area contributed by atoms with Gasteiger partial charge in [0.1, 0.15) is 0 Å². The fourth-order valence-corrected chi connectivity index (χ4v) is 2.40. The van der Waals surface area contributed by atoms with Crippen molar-refractivity contribution in [3.63, 3.8) is 0 Å². The number of carbonyl (C=O) groups excluding carboxylic acids is 1. The second kappa shape index (κ2) is 6.71. The number of rotatable bonds is 5. The van der Waals surface area contributed by atoms with Gasteiger partial charge in [-0.1, -0.05) is 26.0 Å². The number of para-hydroxylation sites is 1. The first-order valence-corrected chi connectivity index (χ1v) is 7.13. The molecule has 1 aromatic rings. The molecule has 1 heterocycles. The third kappa shape index (κ3) is 3.80. The van der Waals surface area contributed by atoms with E-state index in [4.69, 9.17) is 4.74 Å². The molecule has 0 saturated carbocycles. The Bertz CT molecular complexity index is 429. The number of ether oxygens (including phenoxy) is 1. The summed E-state index contributed by atoms with van der Waals surface area (Å²) in [7, 11) is 0. The molecule has 0 aromatic heterocycles. The molecular formula is C16H23NO2. The summed E-state index contributed by atoms with van der Waals surface area (Å²) >= 11 is 0. The number of hydrogen-bond acceptors (Lipinski definition) is 3. The zero-order valence-electron chi connectivity index (χ0n) is 11.9. The van der Waals surface area contributed by atoms with Crippen molar-refractivity contribution in [2.75, 3.05) is 31.2 Å². The van der Waals surface area contributed by atoms with E-state index in [1.54, 1.807) is 0 Å². The third-order valence-corrected chi connectivity index (χ3v) is 3.33. The molecule has 0 atom stereocenters. The van der Waals surface area contributed by atoms with E-state index in [0.29, 0.717) is 12.3 Å². The highest BCUT2D eigenvalue weighted by molar-refractivity contribution is 6.01. The molecule has 3 heteroatoms. The van der Waals surface area contributed by atoms with Gasteiger partial charge in [0.05, 0.1) is 6.61 Å². The average molecular weight is 261 g/mol. The Balaban J connectivity index is 2.00. The Labute approximate surface area is 115 Å². The summed E-state index contributed by atoms with van der Waals surface area (Å²) in [6, 6.07) is 7.92. The zero-order valence-corrected chi connectivity index (χ0v) is 11.9. The topological polar surface area (TPSA) is 29.5 Å². The highest BCUT2D eigenvalue weighted by Crippen LogP contribution is 2.25. The van der Waals surface area contributed by atoms with Crippen LogP contribution in [0.1, 0.15) is 37.0 Å². The number of carbonyl (C=O) groups is 1. The monoisotopic (exact) mass is 261 g/mol. The molecule has 0 fully saturated rings. The Morgan fingerprint density at radius 2 is 2.11 bits per heavy atom. The average Bonchev–Trinajstić information content (AvgIpc) is 2.55. The molecule has 0 spiro atoms. The van der Waals surface area contributed by atoms with Gasteiger partial charge in [-0.25, -0.2) is 0 Å². The van der Waals surface area contributed by atoms with E-state index >= 15 is 0 Å². The van der Waals surface area contributed by atoms with Crippen molar-refractivity contribution >= 4 is 11.5 Å². The largest absolute Gasteiger partial charge is 0.379 e. The van der Waals surface area contributed by atoms with Gasteiger partial charge in [0.2, 0.25) is 0 Å². The number of hydrogen-bond donors (Lipinski definition) is 0. The molecule has 0 aliphatic carbocycles. The summed E-state index contributed by atoms with van der Waals surface area (Å²) in [6.45, 7) is 7.62. The minimum atomic E-state index is 0.265. The molecule has 2 rings (SSSR count). The minimum Gasteiger partial charge on any atom is -0.379 e. The SMILES string of the molecule is CC(C)COCCN1CCCC(=O)c2ccccc21. The van der Waals surface area contributed by atoms with Gasteiger partial charge < -0.3 is 9.64 Å². The molecule has 0 radical (unpaired) electrons. The number of anilines is 1. The lowest BCUT2D eigenvalue weighted by Crippen LogP contribution is -2.28. The molecule has 1 aromatic carbocycles. The molecule has 104 valence electrons. The predicted octanol–water partition coefficient (Wildman–Crippen LogP) is 3.14. The van der Waals surface area contributed by atoms with Crippen molar-refractivity contribution in [2.24, 2.45) is 5.92 Å². The summed E-state index contributed by atoms with van der Waals surface area (Å²) in [5, 5.41) is 0. The number of ketones is 1. The number of fused-ring (bicyclic) bond motifs is 1. The first kappa shape index (κ1) is 14.1. The summed E-state index contributed by atoms with van der Waals surface area (Å²) in [6.07, 6.45) is 1.58. The summed E-state index contributed by atoms with van der Waals surface area (Å²) in [5.41, 5.74) is 1.93. The van der Waals surface area contributed by atoms with Crippen LogP contribution in [-0.4, -0.2) is 32.1 Å². The minimum absolute atomic E-state index is 0.265. The maximum atomic E-state index is 12.0. The fraction of sp³-hybridized carbons (Fsp3) is 0.562. The maximum Gasteiger partial charge on any atom is 0.165 e. The molecule has 19 heavy (non-hydrogen) atoms. The zero-order chi connectivity index (χ0) is 13.7. The van der Waals surface area contributed by atoms with E-state index in [9.17, 15) is 4.79 Å². The van der Waals surface area contributed by atoms with Crippen LogP contribution in [0.5, 0.6) is 0 Å². The standard InChI is InChI=1S/C16H23NO2/c1-13(2)12-19-11-10-17-9-5-8-16(18)14-6-3-4-7-15(14)17/h3-4,6-7,13H,5,8-12H2,1-2H3. The van der Waals surface area contributed by atoms with Crippen LogP contribution in [0.4, 0.5) is 5.69 Å². The van der Waals surface area contributed by atoms with Crippen molar-refractivity contribution in [3.8, 4) is 0 Å². The van der Waals surface area contributed by atoms with Crippen LogP contribution in [0.3, 0.4) is 0 Å². The summed E-state index contributed by atoms with van der Waals surface area (Å²) < 4.78 is 5.65. The van der Waals surface area contributed by atoms with Crippen LogP contribution < -0.4 is 4.90 Å². The van der Waals surface area contributed by atoms with Gasteiger partial charge in [0.15, 0.2) is 5.78 Å². The summed E-state index contributed by atoms with van der Waals surface area (Å²) in [4.78, 5) is 14.3. The quantitative estimate of drug-likeness (QED) is 0.763. The van der Waals surface area contributed by atoms with Crippen LogP contribution in [0.2, 0.25) is 0 Å². The second-order valence-corrected chi connectivity index (χ2v) is 5.50. The molecule has 0 bridgehead atoms. The molecule has 3 nitrogen and oxygen atoms in total. The van der Waals surface area contributed by atoms with E-state index in [2.05, 4.69) is 18.7 Å². The highest BCUT2D eigenvalue weighted by atomic mass is 16.5. The lowest BCUT2D eigenvalue weighted by atomic mass is 10.1. The van der Waals surface area contributed by atoms with Gasteiger partial charge in [0.25, 0.3) is 0 Å². The number of nitrogens with zero attached hydrogens (tertiary/aromatic N) is 1. The molecule has 0 saturated heterocycles. The van der Waals surface area contributed by atoms with Gasteiger partial charge in [-0.05, 0) is 24.5 Å². The molecular weight excluding hydrogens is 238 g/mol. The second-order valence-electron chi connectivity index (χ2n) is 5.50. The first-order valence-electron chi connectivity index (χ1n) is 7.13. The first-order chi connectivity index (χ1) is 9.18. The van der Waals surface area contributed by atoms with Crippen LogP contribution in [0.15, 0.2) is 24.3 Å². The highest BCUT2D eigenvalue weighted by Gasteiger charge is 2.19. The third-order valence-electron chi connectivity index (χ3n) is 3.33. The van der Waals surface area contributed by atoms with Crippen molar-refractivity contribution in [2.45, 2.75) is 26.7 Å². The Morgan fingerprint density at radius 1 is 1.32 bits per heavy atom. The smallest absolute Gasteiger partial charge is 0.165 e. The van der Waals surface area contributed by atoms with E-state index in [0.717, 1.165) is 44.0 Å². The normalized spacial score (nSPS) is 15.5. The molecule has 0 amide bonds. The van der Waals surface area contributed by atoms with Gasteiger partial charge in [-0.2, -0.15) is 0 Å². The van der Waals surface area contributed by atoms with Crippen molar-refractivity contribution < 1.29 is 9.53 Å². The van der Waals surface area contributed by atoms with E-state index in [1.165, 1.54) is 0 Å². The summed E-state index contributed by atoms with van der Waals surface area (Å²) in [5.74, 6) is 0.833. The molecule has 1 aliphatic heterocycles. The molecule has 1 aliphatic rings. The van der Waals surface area contributed by atoms with Crippen molar-refractivity contribution in [1.29, 1.82) is 0 Å². The van der Waals surface area contributed by atoms with Gasteiger partial charge in [-0.15, -0.1) is 0 Å². The van der Waals surface area contributed by atoms with Gasteiger partial charge >= 0.3 is 0 Å². The molecule has 0 unspecified atom stereocenters. The maximum absolute atomic E-state index is 12.0. The van der Waals surface area contributed by atoms with Crippen molar-refractivity contribution in [3.05, 3.63) is 29.8 Å². The van der Waals surface area contributed by atoms with E-state index in [1.807, 2.05) is 24.3 Å². The Hall–Kier alpha value is -1.35. The van der Waals surface area contributed by atoms with Crippen LogP contribution in [0, 0.1) is 5.92 Å². The van der Waals surface area contributed by atoms with Crippen LogP contribution in [-0.2, 0) is 4.74 Å². The Kier molecular flexibility index (Phi) is 4.97. The van der Waals surface area contributed by atoms with Crippen LogP contribution in [0.25, 0.3) is 0 Å². The van der Waals surface area contributed by atoms with E-state index < -0.39 is 0 Å². The predicted molar refractivity (Wildman–Crippen MR) is 77.9 cm³/mol.